The van der Waals surface area contributed by atoms with Crippen molar-refractivity contribution in [3.05, 3.63) is 30.0 Å². The second kappa shape index (κ2) is 7.39. The summed E-state index contributed by atoms with van der Waals surface area (Å²) in [5.74, 6) is 0.972. The third-order valence-electron chi connectivity index (χ3n) is 3.71. The molecule has 1 atom stereocenters. The number of H-pyrrole nitrogens is 1. The molecule has 1 fully saturated rings. The molecule has 1 unspecified atom stereocenters. The van der Waals surface area contributed by atoms with Gasteiger partial charge in [-0.3, -0.25) is 9.89 Å². The minimum Gasteiger partial charge on any atom is -0.379 e. The van der Waals surface area contributed by atoms with Crippen LogP contribution in [-0.4, -0.2) is 55.1 Å². The maximum absolute atomic E-state index is 12.2. The predicted octanol–water partition coefficient (Wildman–Crippen LogP) is 1.39. The van der Waals surface area contributed by atoms with Gasteiger partial charge in [0.2, 0.25) is 0 Å². The van der Waals surface area contributed by atoms with Crippen LogP contribution in [0.15, 0.2) is 18.5 Å². The molecule has 4 rings (SSSR count). The summed E-state index contributed by atoms with van der Waals surface area (Å²) in [4.78, 5) is 20.9. The molecule has 9 heteroatoms. The van der Waals surface area contributed by atoms with Crippen molar-refractivity contribution in [3.8, 4) is 5.82 Å². The predicted molar refractivity (Wildman–Crippen MR) is 91.6 cm³/mol. The SMILES string of the molecule is CC.Cc1nc(-n2ccc(C(=O)NC3CCOC3)n2)c2cn[nH]c2n1. The van der Waals surface area contributed by atoms with E-state index in [1.54, 1.807) is 30.1 Å². The summed E-state index contributed by atoms with van der Waals surface area (Å²) in [5, 5.41) is 14.8. The molecule has 25 heavy (non-hydrogen) atoms. The molecular formula is C16H21N7O2. The van der Waals surface area contributed by atoms with Crippen molar-refractivity contribution in [1.82, 2.24) is 35.3 Å². The minimum atomic E-state index is -0.214. The molecule has 0 bridgehead atoms. The van der Waals surface area contributed by atoms with Crippen LogP contribution in [0.2, 0.25) is 0 Å². The standard InChI is InChI=1S/C14H15N7O2.C2H6/c1-8-16-12-10(6-15-19-12)13(17-8)21-4-2-11(20-21)14(22)18-9-3-5-23-7-9;1-2/h2,4,6,9H,3,5,7H2,1H3,(H,18,22)(H,15,16,17,19);1-2H3. The van der Waals surface area contributed by atoms with Gasteiger partial charge in [-0.15, -0.1) is 0 Å². The number of ether oxygens (including phenoxy) is 1. The molecule has 1 saturated heterocycles. The number of amides is 1. The van der Waals surface area contributed by atoms with Gasteiger partial charge in [-0.05, 0) is 19.4 Å². The molecule has 3 aromatic rings. The van der Waals surface area contributed by atoms with Gasteiger partial charge < -0.3 is 10.1 Å². The average molecular weight is 343 g/mol. The lowest BCUT2D eigenvalue weighted by Gasteiger charge is -2.08. The fourth-order valence-electron chi connectivity index (χ4n) is 2.57. The van der Waals surface area contributed by atoms with Crippen LogP contribution in [0.1, 0.15) is 36.6 Å². The lowest BCUT2D eigenvalue weighted by Crippen LogP contribution is -2.35. The Morgan fingerprint density at radius 1 is 1.40 bits per heavy atom. The Kier molecular flexibility index (Phi) is 5.03. The molecule has 1 aliphatic heterocycles. The molecule has 4 heterocycles. The molecule has 9 nitrogen and oxygen atoms in total. The van der Waals surface area contributed by atoms with Crippen LogP contribution >= 0.6 is 0 Å². The highest BCUT2D eigenvalue weighted by Crippen LogP contribution is 2.17. The van der Waals surface area contributed by atoms with E-state index in [0.717, 1.165) is 11.8 Å². The number of nitrogens with one attached hydrogen (secondary N) is 2. The Balaban J connectivity index is 0.000000880. The van der Waals surface area contributed by atoms with Crippen LogP contribution in [0, 0.1) is 6.92 Å². The number of aryl methyl sites for hydroxylation is 1. The fourth-order valence-corrected chi connectivity index (χ4v) is 2.57. The summed E-state index contributed by atoms with van der Waals surface area (Å²) in [5.41, 5.74) is 0.974. The molecule has 2 N–H and O–H groups in total. The van der Waals surface area contributed by atoms with Crippen LogP contribution in [-0.2, 0) is 4.74 Å². The molecule has 0 aromatic carbocycles. The van der Waals surface area contributed by atoms with Crippen LogP contribution in [0.25, 0.3) is 16.9 Å². The van der Waals surface area contributed by atoms with Crippen LogP contribution < -0.4 is 5.32 Å². The van der Waals surface area contributed by atoms with Gasteiger partial charge in [-0.2, -0.15) is 10.2 Å². The maximum atomic E-state index is 12.2. The smallest absolute Gasteiger partial charge is 0.272 e. The number of rotatable bonds is 3. The fraction of sp³-hybridized carbons (Fsp3) is 0.438. The highest BCUT2D eigenvalue weighted by atomic mass is 16.5. The summed E-state index contributed by atoms with van der Waals surface area (Å²) in [6.07, 6.45) is 4.17. The lowest BCUT2D eigenvalue weighted by molar-refractivity contribution is 0.0924. The van der Waals surface area contributed by atoms with Crippen molar-refractivity contribution in [1.29, 1.82) is 0 Å². The van der Waals surface area contributed by atoms with E-state index in [4.69, 9.17) is 4.74 Å². The normalized spacial score (nSPS) is 16.5. The largest absolute Gasteiger partial charge is 0.379 e. The number of aromatic nitrogens is 6. The first-order valence-electron chi connectivity index (χ1n) is 8.33. The number of carbonyl (C=O) groups is 1. The molecule has 0 spiro atoms. The number of aromatic amines is 1. The molecule has 0 radical (unpaired) electrons. The van der Waals surface area contributed by atoms with Crippen molar-refractivity contribution in [2.75, 3.05) is 13.2 Å². The number of hydrogen-bond acceptors (Lipinski definition) is 6. The van der Waals surface area contributed by atoms with Gasteiger partial charge in [-0.25, -0.2) is 14.6 Å². The highest BCUT2D eigenvalue weighted by molar-refractivity contribution is 5.92. The summed E-state index contributed by atoms with van der Waals surface area (Å²) >= 11 is 0. The quantitative estimate of drug-likeness (QED) is 0.743. The molecule has 0 saturated carbocycles. The van der Waals surface area contributed by atoms with E-state index < -0.39 is 0 Å². The zero-order valence-electron chi connectivity index (χ0n) is 14.5. The van der Waals surface area contributed by atoms with Gasteiger partial charge in [0.1, 0.15) is 5.82 Å². The zero-order valence-corrected chi connectivity index (χ0v) is 14.5. The first kappa shape index (κ1) is 17.0. The van der Waals surface area contributed by atoms with Crippen LogP contribution in [0.4, 0.5) is 0 Å². The van der Waals surface area contributed by atoms with Gasteiger partial charge in [0.15, 0.2) is 17.2 Å². The number of carbonyl (C=O) groups excluding carboxylic acids is 1. The molecule has 1 aliphatic rings. The third-order valence-corrected chi connectivity index (χ3v) is 3.71. The van der Waals surface area contributed by atoms with Crippen molar-refractivity contribution in [3.63, 3.8) is 0 Å². The van der Waals surface area contributed by atoms with E-state index >= 15 is 0 Å². The molecule has 132 valence electrons. The first-order chi connectivity index (χ1) is 12.2. The van der Waals surface area contributed by atoms with E-state index in [0.29, 0.717) is 36.2 Å². The van der Waals surface area contributed by atoms with E-state index in [1.807, 2.05) is 13.8 Å². The van der Waals surface area contributed by atoms with Gasteiger partial charge >= 0.3 is 0 Å². The summed E-state index contributed by atoms with van der Waals surface area (Å²) in [6.45, 7) is 7.02. The monoisotopic (exact) mass is 343 g/mol. The molecular weight excluding hydrogens is 322 g/mol. The Morgan fingerprint density at radius 3 is 3.00 bits per heavy atom. The van der Waals surface area contributed by atoms with Crippen molar-refractivity contribution in [2.24, 2.45) is 0 Å². The van der Waals surface area contributed by atoms with Gasteiger partial charge in [0.25, 0.3) is 5.91 Å². The Morgan fingerprint density at radius 2 is 2.24 bits per heavy atom. The van der Waals surface area contributed by atoms with Gasteiger partial charge in [0, 0.05) is 12.8 Å². The number of nitrogens with zero attached hydrogens (tertiary/aromatic N) is 5. The highest BCUT2D eigenvalue weighted by Gasteiger charge is 2.20. The Labute approximate surface area is 144 Å². The minimum absolute atomic E-state index is 0.0505. The molecule has 0 aliphatic carbocycles. The summed E-state index contributed by atoms with van der Waals surface area (Å²) < 4.78 is 6.82. The van der Waals surface area contributed by atoms with Crippen molar-refractivity contribution < 1.29 is 9.53 Å². The van der Waals surface area contributed by atoms with Crippen molar-refractivity contribution in [2.45, 2.75) is 33.2 Å². The first-order valence-corrected chi connectivity index (χ1v) is 8.33. The summed E-state index contributed by atoms with van der Waals surface area (Å²) in [6, 6.07) is 1.71. The molecule has 1 amide bonds. The Hall–Kier alpha value is -2.81. The Bertz CT molecular complexity index is 864. The van der Waals surface area contributed by atoms with E-state index in [-0.39, 0.29) is 11.9 Å². The maximum Gasteiger partial charge on any atom is 0.272 e. The third kappa shape index (κ3) is 3.50. The van der Waals surface area contributed by atoms with Gasteiger partial charge in [-0.1, -0.05) is 13.8 Å². The topological polar surface area (TPSA) is 111 Å². The van der Waals surface area contributed by atoms with E-state index in [1.165, 1.54) is 0 Å². The molecule has 3 aromatic heterocycles. The van der Waals surface area contributed by atoms with Crippen LogP contribution in [0.5, 0.6) is 0 Å². The lowest BCUT2D eigenvalue weighted by atomic mass is 10.2. The second-order valence-electron chi connectivity index (χ2n) is 5.41. The van der Waals surface area contributed by atoms with E-state index in [2.05, 4.69) is 30.6 Å². The van der Waals surface area contributed by atoms with Gasteiger partial charge in [0.05, 0.1) is 24.2 Å². The van der Waals surface area contributed by atoms with Crippen LogP contribution in [0.3, 0.4) is 0 Å². The second-order valence-corrected chi connectivity index (χ2v) is 5.41. The zero-order chi connectivity index (χ0) is 17.8. The summed E-state index contributed by atoms with van der Waals surface area (Å²) in [7, 11) is 0. The van der Waals surface area contributed by atoms with E-state index in [9.17, 15) is 4.79 Å². The number of fused-ring (bicyclic) bond motifs is 1. The average Bonchev–Trinajstić information content (AvgIpc) is 3.37. The van der Waals surface area contributed by atoms with Crippen molar-refractivity contribution >= 4 is 16.9 Å². The number of hydrogen-bond donors (Lipinski definition) is 2.